The molecule has 0 unspecified atom stereocenters. The lowest BCUT2D eigenvalue weighted by atomic mass is 9.96. The van der Waals surface area contributed by atoms with E-state index in [9.17, 15) is 27.9 Å². The van der Waals surface area contributed by atoms with Gasteiger partial charge in [-0.15, -0.1) is 0 Å². The smallest absolute Gasteiger partial charge is 0.259 e. The fourth-order valence-electron chi connectivity index (χ4n) is 4.42. The number of allylic oxidation sites excluding steroid dienone is 1. The minimum atomic E-state index is -3.75. The first-order chi connectivity index (χ1) is 15.1. The Morgan fingerprint density at radius 2 is 1.91 bits per heavy atom. The number of aliphatic hydroxyl groups excluding tert-OH is 1. The Hall–Kier alpha value is -1.78. The third-order valence-electron chi connectivity index (χ3n) is 6.66. The minimum absolute atomic E-state index is 0.152. The van der Waals surface area contributed by atoms with E-state index in [0.717, 1.165) is 25.8 Å². The lowest BCUT2D eigenvalue weighted by Crippen LogP contribution is -2.54. The van der Waals surface area contributed by atoms with Crippen LogP contribution in [-0.2, 0) is 24.4 Å². The van der Waals surface area contributed by atoms with Crippen molar-refractivity contribution in [1.29, 1.82) is 0 Å². The summed E-state index contributed by atoms with van der Waals surface area (Å²) in [6.45, 7) is 0.990. The first-order valence-electron chi connectivity index (χ1n) is 11.4. The Balaban J connectivity index is 1.66. The van der Waals surface area contributed by atoms with Gasteiger partial charge in [0.15, 0.2) is 0 Å². The normalized spacial score (nSPS) is 32.2. The van der Waals surface area contributed by atoms with Crippen LogP contribution >= 0.6 is 0 Å². The predicted molar refractivity (Wildman–Crippen MR) is 119 cm³/mol. The largest absolute Gasteiger partial charge is 0.393 e. The second kappa shape index (κ2) is 10.0. The summed E-state index contributed by atoms with van der Waals surface area (Å²) in [6, 6.07) is 0. The number of carbonyl (C=O) groups is 3. The van der Waals surface area contributed by atoms with Gasteiger partial charge in [-0.25, -0.2) is 8.42 Å². The van der Waals surface area contributed by atoms with E-state index in [2.05, 4.69) is 14.9 Å². The summed E-state index contributed by atoms with van der Waals surface area (Å²) in [5.74, 6) is -2.84. The average molecular weight is 470 g/mol. The van der Waals surface area contributed by atoms with E-state index < -0.39 is 50.6 Å². The highest BCUT2D eigenvalue weighted by atomic mass is 32.2. The number of sulfonamides is 1. The van der Waals surface area contributed by atoms with Crippen LogP contribution in [0, 0.1) is 17.8 Å². The zero-order chi connectivity index (χ0) is 23.5. The second-order valence-electron chi connectivity index (χ2n) is 9.71. The van der Waals surface area contributed by atoms with Gasteiger partial charge in [-0.05, 0) is 72.0 Å². The van der Waals surface area contributed by atoms with Crippen LogP contribution in [0.5, 0.6) is 0 Å². The summed E-state index contributed by atoms with van der Waals surface area (Å²) in [7, 11) is 0.287. The Bertz CT molecular complexity index is 854. The molecule has 3 rings (SSSR count). The second-order valence-corrected chi connectivity index (χ2v) is 11.7. The number of unbranched alkanes of at least 4 members (excludes halogenated alkanes) is 2. The molecule has 3 fully saturated rings. The van der Waals surface area contributed by atoms with Gasteiger partial charge in [-0.1, -0.05) is 12.2 Å². The van der Waals surface area contributed by atoms with Crippen molar-refractivity contribution in [2.75, 3.05) is 20.6 Å². The van der Waals surface area contributed by atoms with Gasteiger partial charge in [-0.2, -0.15) is 0 Å². The monoisotopic (exact) mass is 469 g/mol. The number of nitrogens with zero attached hydrogens (tertiary/aromatic N) is 1. The quantitative estimate of drug-likeness (QED) is 0.213. The lowest BCUT2D eigenvalue weighted by Gasteiger charge is -2.22. The molecule has 0 aromatic carbocycles. The van der Waals surface area contributed by atoms with E-state index in [1.54, 1.807) is 0 Å². The Morgan fingerprint density at radius 1 is 1.19 bits per heavy atom. The third-order valence-corrected chi connectivity index (χ3v) is 8.48. The van der Waals surface area contributed by atoms with Crippen LogP contribution in [0.1, 0.15) is 51.4 Å². The molecule has 9 nitrogen and oxygen atoms in total. The summed E-state index contributed by atoms with van der Waals surface area (Å²) in [5, 5.41) is 12.1. The minimum Gasteiger partial charge on any atom is -0.393 e. The molecule has 0 aliphatic heterocycles. The summed E-state index contributed by atoms with van der Waals surface area (Å²) in [6.07, 6.45) is 8.38. The highest BCUT2D eigenvalue weighted by Crippen LogP contribution is 2.46. The van der Waals surface area contributed by atoms with Gasteiger partial charge in [0.1, 0.15) is 11.8 Å². The van der Waals surface area contributed by atoms with Crippen LogP contribution in [0.3, 0.4) is 0 Å². The van der Waals surface area contributed by atoms with Crippen LogP contribution in [0.4, 0.5) is 0 Å². The maximum Gasteiger partial charge on any atom is 0.259 e. The van der Waals surface area contributed by atoms with E-state index in [1.807, 2.05) is 26.2 Å². The number of aliphatic hydroxyl groups is 1. The topological polar surface area (TPSA) is 133 Å². The maximum absolute atomic E-state index is 13.0. The van der Waals surface area contributed by atoms with Gasteiger partial charge in [-0.3, -0.25) is 14.3 Å². The van der Waals surface area contributed by atoms with Crippen LogP contribution in [-0.4, -0.2) is 74.1 Å². The number of hydrogen-bond acceptors (Lipinski definition) is 7. The van der Waals surface area contributed by atoms with Gasteiger partial charge in [0, 0.05) is 17.8 Å². The van der Waals surface area contributed by atoms with Crippen LogP contribution in [0.25, 0.3) is 0 Å². The van der Waals surface area contributed by atoms with Crippen molar-refractivity contribution in [3.63, 3.8) is 0 Å². The highest BCUT2D eigenvalue weighted by Gasteiger charge is 2.61. The van der Waals surface area contributed by atoms with E-state index in [4.69, 9.17) is 0 Å². The van der Waals surface area contributed by atoms with Gasteiger partial charge >= 0.3 is 0 Å². The summed E-state index contributed by atoms with van der Waals surface area (Å²) < 4.78 is 26.8. The molecule has 2 amide bonds. The number of carbonyl (C=O) groups excluding carboxylic acids is 3. The van der Waals surface area contributed by atoms with Crippen molar-refractivity contribution in [1.82, 2.24) is 14.9 Å². The lowest BCUT2D eigenvalue weighted by molar-refractivity contribution is -0.133. The molecular weight excluding hydrogens is 434 g/mol. The third kappa shape index (κ3) is 5.96. The van der Waals surface area contributed by atoms with Crippen molar-refractivity contribution in [2.45, 2.75) is 68.3 Å². The first-order valence-corrected chi connectivity index (χ1v) is 13.0. The number of amides is 2. The molecule has 0 spiro atoms. The molecule has 0 aromatic rings. The van der Waals surface area contributed by atoms with E-state index in [1.165, 1.54) is 0 Å². The average Bonchev–Trinajstić information content (AvgIpc) is 3.62. The Morgan fingerprint density at radius 3 is 2.53 bits per heavy atom. The predicted octanol–water partition coefficient (Wildman–Crippen LogP) is 0.344. The van der Waals surface area contributed by atoms with Crippen molar-refractivity contribution < 1.29 is 27.9 Å². The fraction of sp³-hybridized carbons (Fsp3) is 0.773. The van der Waals surface area contributed by atoms with Crippen molar-refractivity contribution in [2.24, 2.45) is 17.8 Å². The van der Waals surface area contributed by atoms with Gasteiger partial charge in [0.2, 0.25) is 15.9 Å². The Kier molecular flexibility index (Phi) is 7.77. The molecule has 0 saturated heterocycles. The van der Waals surface area contributed by atoms with Gasteiger partial charge < -0.3 is 20.1 Å². The molecule has 0 heterocycles. The molecule has 180 valence electrons. The molecule has 3 N–H and O–H groups in total. The first kappa shape index (κ1) is 24.9. The molecule has 5 atom stereocenters. The summed E-state index contributed by atoms with van der Waals surface area (Å²) in [5.41, 5.74) is -1.33. The fourth-order valence-corrected chi connectivity index (χ4v) is 5.79. The molecule has 0 bridgehead atoms. The van der Waals surface area contributed by atoms with Gasteiger partial charge in [0.05, 0.1) is 11.4 Å². The molecule has 32 heavy (non-hydrogen) atoms. The number of aldehydes is 1. The molecule has 0 radical (unpaired) electrons. The highest BCUT2D eigenvalue weighted by molar-refractivity contribution is 7.91. The number of rotatable bonds is 12. The standard InChI is InChI=1S/C22H35N3O6S/c1-25(2)10-6-4-3-5-7-16-13-22(16,21(29)24-32(30,31)18-8-9-18)23-20(28)19-12-17(27)11-15(19)14-26/h5,7,14-19,27H,3-4,6,8-13H2,1-2H3,(H,23,28)(H,24,29)/b7-5-/t15-,16+,17-,19+,22+/m0/s1. The van der Waals surface area contributed by atoms with Crippen molar-refractivity contribution >= 4 is 28.1 Å². The summed E-state index contributed by atoms with van der Waals surface area (Å²) in [4.78, 5) is 39.4. The molecule has 3 aliphatic carbocycles. The molecular formula is C22H35N3O6S. The van der Waals surface area contributed by atoms with E-state index in [0.29, 0.717) is 25.5 Å². The van der Waals surface area contributed by atoms with Crippen LogP contribution < -0.4 is 10.0 Å². The molecule has 0 aromatic heterocycles. The van der Waals surface area contributed by atoms with E-state index in [-0.39, 0.29) is 18.8 Å². The Labute approximate surface area is 190 Å². The zero-order valence-corrected chi connectivity index (χ0v) is 19.6. The van der Waals surface area contributed by atoms with Crippen LogP contribution in [0.2, 0.25) is 0 Å². The summed E-state index contributed by atoms with van der Waals surface area (Å²) >= 11 is 0. The molecule has 10 heteroatoms. The zero-order valence-electron chi connectivity index (χ0n) is 18.8. The number of hydrogen-bond donors (Lipinski definition) is 3. The van der Waals surface area contributed by atoms with E-state index >= 15 is 0 Å². The SMILES string of the molecule is CN(C)CCCC/C=C\[C@@H]1C[C@]1(NC(=O)[C@@H]1C[C@@H](O)C[C@H]1C=O)C(=O)NS(=O)(=O)C1CC1. The molecule has 3 aliphatic rings. The maximum atomic E-state index is 13.0. The molecule has 3 saturated carbocycles. The van der Waals surface area contributed by atoms with Crippen LogP contribution in [0.15, 0.2) is 12.2 Å². The van der Waals surface area contributed by atoms with Crippen molar-refractivity contribution in [3.8, 4) is 0 Å². The van der Waals surface area contributed by atoms with Gasteiger partial charge in [0.25, 0.3) is 5.91 Å². The van der Waals surface area contributed by atoms with Crippen molar-refractivity contribution in [3.05, 3.63) is 12.2 Å². The number of nitrogens with one attached hydrogen (secondary N) is 2.